The molecule has 6 heteroatoms. The van der Waals surface area contributed by atoms with Gasteiger partial charge in [0.1, 0.15) is 11.4 Å². The first kappa shape index (κ1) is 15.1. The zero-order valence-corrected chi connectivity index (χ0v) is 12.5. The molecule has 1 aromatic heterocycles. The van der Waals surface area contributed by atoms with Gasteiger partial charge >= 0.3 is 5.97 Å². The number of hydrogen-bond donors (Lipinski definition) is 1. The minimum Gasteiger partial charge on any atom is -0.480 e. The van der Waals surface area contributed by atoms with Gasteiger partial charge in [-0.05, 0) is 44.2 Å². The van der Waals surface area contributed by atoms with Crippen molar-refractivity contribution in [1.82, 2.24) is 9.55 Å². The normalized spacial score (nSPS) is 11.8. The molecule has 118 valence electrons. The number of benzene rings is 2. The SMILES string of the molecule is CC(C)(C(=O)O)n1c(-c2ccc(F)c(F)c2)nc2ccccc21. The summed E-state index contributed by atoms with van der Waals surface area (Å²) in [5, 5.41) is 9.56. The van der Waals surface area contributed by atoms with Crippen molar-refractivity contribution in [3.63, 3.8) is 0 Å². The van der Waals surface area contributed by atoms with E-state index in [1.165, 1.54) is 24.5 Å². The minimum absolute atomic E-state index is 0.275. The summed E-state index contributed by atoms with van der Waals surface area (Å²) < 4.78 is 28.3. The molecule has 0 aliphatic rings. The molecule has 0 bridgehead atoms. The van der Waals surface area contributed by atoms with Gasteiger partial charge in [0, 0.05) is 5.56 Å². The van der Waals surface area contributed by atoms with Crippen molar-refractivity contribution in [2.75, 3.05) is 0 Å². The first-order valence-electron chi connectivity index (χ1n) is 6.99. The maximum absolute atomic E-state index is 13.6. The van der Waals surface area contributed by atoms with Crippen LogP contribution in [0.3, 0.4) is 0 Å². The van der Waals surface area contributed by atoms with Crippen LogP contribution in [0.15, 0.2) is 42.5 Å². The maximum atomic E-state index is 13.6. The number of aromatic nitrogens is 2. The number of nitrogens with zero attached hydrogens (tertiary/aromatic N) is 2. The Labute approximate surface area is 131 Å². The van der Waals surface area contributed by atoms with E-state index in [1.54, 1.807) is 24.3 Å². The molecule has 0 saturated heterocycles. The van der Waals surface area contributed by atoms with Gasteiger partial charge in [-0.1, -0.05) is 12.1 Å². The molecule has 23 heavy (non-hydrogen) atoms. The van der Waals surface area contributed by atoms with Gasteiger partial charge in [0.2, 0.25) is 0 Å². The summed E-state index contributed by atoms with van der Waals surface area (Å²) in [6.45, 7) is 3.07. The molecule has 0 spiro atoms. The largest absolute Gasteiger partial charge is 0.480 e. The number of carboxylic acids is 1. The molecule has 4 nitrogen and oxygen atoms in total. The van der Waals surface area contributed by atoms with Crippen molar-refractivity contribution in [3.8, 4) is 11.4 Å². The number of rotatable bonds is 3. The summed E-state index contributed by atoms with van der Waals surface area (Å²) in [6.07, 6.45) is 0. The van der Waals surface area contributed by atoms with Crippen molar-refractivity contribution in [3.05, 3.63) is 54.1 Å². The van der Waals surface area contributed by atoms with E-state index in [9.17, 15) is 18.7 Å². The highest BCUT2D eigenvalue weighted by atomic mass is 19.2. The van der Waals surface area contributed by atoms with Gasteiger partial charge in [-0.25, -0.2) is 18.6 Å². The molecule has 0 radical (unpaired) electrons. The summed E-state index contributed by atoms with van der Waals surface area (Å²) in [6, 6.07) is 10.4. The second-order valence-electron chi connectivity index (χ2n) is 5.75. The average Bonchev–Trinajstić information content (AvgIpc) is 2.89. The first-order valence-corrected chi connectivity index (χ1v) is 6.99. The van der Waals surface area contributed by atoms with Gasteiger partial charge in [0.05, 0.1) is 11.0 Å². The van der Waals surface area contributed by atoms with Crippen LogP contribution in [0.5, 0.6) is 0 Å². The topological polar surface area (TPSA) is 55.1 Å². The average molecular weight is 316 g/mol. The molecule has 0 aliphatic carbocycles. The Kier molecular flexibility index (Phi) is 3.39. The van der Waals surface area contributed by atoms with Crippen molar-refractivity contribution >= 4 is 17.0 Å². The van der Waals surface area contributed by atoms with E-state index in [0.717, 1.165) is 12.1 Å². The number of fused-ring (bicyclic) bond motifs is 1. The van der Waals surface area contributed by atoms with Crippen LogP contribution < -0.4 is 0 Å². The fourth-order valence-corrected chi connectivity index (χ4v) is 2.52. The molecule has 0 aliphatic heterocycles. The second kappa shape index (κ2) is 5.15. The minimum atomic E-state index is -1.31. The van der Waals surface area contributed by atoms with E-state index < -0.39 is 23.1 Å². The number of hydrogen-bond acceptors (Lipinski definition) is 2. The van der Waals surface area contributed by atoms with Gasteiger partial charge in [-0.2, -0.15) is 0 Å². The maximum Gasteiger partial charge on any atom is 0.329 e. The summed E-state index contributed by atoms with van der Waals surface area (Å²) >= 11 is 0. The number of halogens is 2. The Bertz CT molecular complexity index is 916. The number of imidazole rings is 1. The van der Waals surface area contributed by atoms with Crippen LogP contribution in [0.1, 0.15) is 13.8 Å². The van der Waals surface area contributed by atoms with Crippen LogP contribution in [0, 0.1) is 11.6 Å². The summed E-state index contributed by atoms with van der Waals surface area (Å²) in [5.41, 5.74) is 0.201. The van der Waals surface area contributed by atoms with Gasteiger partial charge in [-0.15, -0.1) is 0 Å². The lowest BCUT2D eigenvalue weighted by Gasteiger charge is -2.24. The van der Waals surface area contributed by atoms with Gasteiger partial charge < -0.3 is 9.67 Å². The number of carboxylic acid groups (broad SMARTS) is 1. The Balaban J connectivity index is 2.36. The van der Waals surface area contributed by atoms with Crippen LogP contribution in [-0.4, -0.2) is 20.6 Å². The van der Waals surface area contributed by atoms with Gasteiger partial charge in [0.15, 0.2) is 11.6 Å². The molecule has 3 aromatic rings. The fourth-order valence-electron chi connectivity index (χ4n) is 2.52. The number of carbonyl (C=O) groups is 1. The summed E-state index contributed by atoms with van der Waals surface area (Å²) in [4.78, 5) is 16.1. The second-order valence-corrected chi connectivity index (χ2v) is 5.75. The third-order valence-corrected chi connectivity index (χ3v) is 3.82. The van der Waals surface area contributed by atoms with Crippen LogP contribution >= 0.6 is 0 Å². The predicted molar refractivity (Wildman–Crippen MR) is 82.0 cm³/mol. The third kappa shape index (κ3) is 2.36. The summed E-state index contributed by atoms with van der Waals surface area (Å²) in [5.74, 6) is -2.75. The smallest absolute Gasteiger partial charge is 0.329 e. The predicted octanol–water partition coefficient (Wildman–Crippen LogP) is 3.80. The number of aliphatic carboxylic acids is 1. The standard InChI is InChI=1S/C17H14F2N2O2/c1-17(2,16(22)23)21-14-6-4-3-5-13(14)20-15(21)10-7-8-11(18)12(19)9-10/h3-9H,1-2H3,(H,22,23). The highest BCUT2D eigenvalue weighted by Gasteiger charge is 2.33. The fraction of sp³-hybridized carbons (Fsp3) is 0.176. The van der Waals surface area contributed by atoms with Crippen LogP contribution in [0.25, 0.3) is 22.4 Å². The lowest BCUT2D eigenvalue weighted by molar-refractivity contribution is -0.145. The molecule has 0 saturated carbocycles. The molecule has 2 aromatic carbocycles. The van der Waals surface area contributed by atoms with Crippen LogP contribution in [0.4, 0.5) is 8.78 Å². The molecule has 0 unspecified atom stereocenters. The van der Waals surface area contributed by atoms with E-state index in [0.29, 0.717) is 16.6 Å². The number of para-hydroxylation sites is 2. The molecular weight excluding hydrogens is 302 g/mol. The van der Waals surface area contributed by atoms with Crippen molar-refractivity contribution < 1.29 is 18.7 Å². The van der Waals surface area contributed by atoms with Crippen LogP contribution in [-0.2, 0) is 10.3 Å². The zero-order valence-electron chi connectivity index (χ0n) is 12.5. The zero-order chi connectivity index (χ0) is 16.8. The van der Waals surface area contributed by atoms with E-state index in [2.05, 4.69) is 4.98 Å². The highest BCUT2D eigenvalue weighted by Crippen LogP contribution is 2.32. The third-order valence-electron chi connectivity index (χ3n) is 3.82. The van der Waals surface area contributed by atoms with E-state index in [1.807, 2.05) is 0 Å². The summed E-state index contributed by atoms with van der Waals surface area (Å²) in [7, 11) is 0. The van der Waals surface area contributed by atoms with Crippen molar-refractivity contribution in [1.29, 1.82) is 0 Å². The van der Waals surface area contributed by atoms with E-state index in [-0.39, 0.29) is 5.82 Å². The Hall–Kier alpha value is -2.76. The van der Waals surface area contributed by atoms with E-state index >= 15 is 0 Å². The lowest BCUT2D eigenvalue weighted by Crippen LogP contribution is -2.36. The Morgan fingerprint density at radius 2 is 1.83 bits per heavy atom. The van der Waals surface area contributed by atoms with Gasteiger partial charge in [0.25, 0.3) is 0 Å². The molecule has 0 atom stereocenters. The first-order chi connectivity index (χ1) is 10.8. The Morgan fingerprint density at radius 1 is 1.13 bits per heavy atom. The van der Waals surface area contributed by atoms with E-state index in [4.69, 9.17) is 0 Å². The quantitative estimate of drug-likeness (QED) is 0.799. The monoisotopic (exact) mass is 316 g/mol. The Morgan fingerprint density at radius 3 is 2.48 bits per heavy atom. The van der Waals surface area contributed by atoms with Gasteiger partial charge in [-0.3, -0.25) is 0 Å². The molecular formula is C17H14F2N2O2. The van der Waals surface area contributed by atoms with Crippen molar-refractivity contribution in [2.45, 2.75) is 19.4 Å². The van der Waals surface area contributed by atoms with Crippen molar-refractivity contribution in [2.24, 2.45) is 0 Å². The molecule has 1 N–H and O–H groups in total. The van der Waals surface area contributed by atoms with Crippen LogP contribution in [0.2, 0.25) is 0 Å². The molecule has 0 amide bonds. The molecule has 0 fully saturated rings. The molecule has 3 rings (SSSR count). The highest BCUT2D eigenvalue weighted by molar-refractivity contribution is 5.86. The molecule has 1 heterocycles. The lowest BCUT2D eigenvalue weighted by atomic mass is 10.0.